The second-order valence-corrected chi connectivity index (χ2v) is 8.05. The van der Waals surface area contributed by atoms with Crippen molar-refractivity contribution in [2.75, 3.05) is 44.8 Å². The molecule has 2 N–H and O–H groups in total. The number of anilines is 1. The predicted octanol–water partition coefficient (Wildman–Crippen LogP) is 2.79. The number of nitrogens with one attached hydrogen (secondary N) is 2. The van der Waals surface area contributed by atoms with Crippen LogP contribution in [0.5, 0.6) is 5.75 Å². The van der Waals surface area contributed by atoms with E-state index in [1.54, 1.807) is 6.07 Å². The monoisotopic (exact) mass is 443 g/mol. The van der Waals surface area contributed by atoms with Crippen molar-refractivity contribution in [3.63, 3.8) is 0 Å². The summed E-state index contributed by atoms with van der Waals surface area (Å²) in [6.07, 6.45) is 1.13. The van der Waals surface area contributed by atoms with Crippen molar-refractivity contribution < 1.29 is 19.1 Å². The van der Waals surface area contributed by atoms with Gasteiger partial charge in [-0.25, -0.2) is 0 Å². The molecule has 8 heteroatoms. The smallest absolute Gasteiger partial charge is 0.258 e. The number of rotatable bonds is 7. The summed E-state index contributed by atoms with van der Waals surface area (Å²) in [6.45, 7) is 3.25. The third kappa shape index (κ3) is 5.55. The standard InChI is InChI=1S/C23H26ClN3O4/c24-19-4-2-1-3-18(19)21(27-9-11-30-12-10-27)14-25-23(29)15-31-17-6-7-20-16(13-17)5-8-22(28)26-20/h1-4,6-7,13,21H,5,8-12,14-15H2,(H,25,29)(H,26,28). The number of carbonyl (C=O) groups is 2. The van der Waals surface area contributed by atoms with Crippen LogP contribution in [0.1, 0.15) is 23.6 Å². The molecule has 0 saturated carbocycles. The number of hydrogen-bond donors (Lipinski definition) is 2. The highest BCUT2D eigenvalue weighted by atomic mass is 35.5. The van der Waals surface area contributed by atoms with E-state index < -0.39 is 0 Å². The van der Waals surface area contributed by atoms with Crippen molar-refractivity contribution in [3.8, 4) is 5.75 Å². The van der Waals surface area contributed by atoms with Crippen LogP contribution in [0.3, 0.4) is 0 Å². The first-order valence-electron chi connectivity index (χ1n) is 10.5. The molecule has 0 aliphatic carbocycles. The number of ether oxygens (including phenoxy) is 2. The minimum Gasteiger partial charge on any atom is -0.484 e. The summed E-state index contributed by atoms with van der Waals surface area (Å²) >= 11 is 6.44. The Morgan fingerprint density at radius 2 is 2.00 bits per heavy atom. The summed E-state index contributed by atoms with van der Waals surface area (Å²) in [5, 5.41) is 6.51. The van der Waals surface area contributed by atoms with Gasteiger partial charge < -0.3 is 20.1 Å². The minimum absolute atomic E-state index is 0.0221. The molecule has 0 aromatic heterocycles. The number of fused-ring (bicyclic) bond motifs is 1. The van der Waals surface area contributed by atoms with Gasteiger partial charge in [0, 0.05) is 36.8 Å². The predicted molar refractivity (Wildman–Crippen MR) is 118 cm³/mol. The molecule has 2 amide bonds. The molecule has 2 heterocycles. The zero-order chi connectivity index (χ0) is 21.6. The van der Waals surface area contributed by atoms with E-state index in [-0.39, 0.29) is 24.5 Å². The number of benzene rings is 2. The number of carbonyl (C=O) groups excluding carboxylic acids is 2. The molecule has 2 aliphatic rings. The summed E-state index contributed by atoms with van der Waals surface area (Å²) in [6, 6.07) is 13.1. The first kappa shape index (κ1) is 21.6. The number of aryl methyl sites for hydroxylation is 1. The van der Waals surface area contributed by atoms with E-state index in [0.717, 1.165) is 29.9 Å². The lowest BCUT2D eigenvalue weighted by Gasteiger charge is -2.35. The van der Waals surface area contributed by atoms with Crippen LogP contribution in [-0.4, -0.2) is 56.2 Å². The Balaban J connectivity index is 1.35. The molecular weight excluding hydrogens is 418 g/mol. The van der Waals surface area contributed by atoms with Gasteiger partial charge in [-0.2, -0.15) is 0 Å². The number of morpholine rings is 1. The Kier molecular flexibility index (Phi) is 7.06. The van der Waals surface area contributed by atoms with Gasteiger partial charge in [0.25, 0.3) is 5.91 Å². The van der Waals surface area contributed by atoms with E-state index >= 15 is 0 Å². The average molecular weight is 444 g/mol. The number of hydrogen-bond acceptors (Lipinski definition) is 5. The second-order valence-electron chi connectivity index (χ2n) is 7.65. The van der Waals surface area contributed by atoms with Gasteiger partial charge in [0.1, 0.15) is 5.75 Å². The largest absolute Gasteiger partial charge is 0.484 e. The van der Waals surface area contributed by atoms with Crippen LogP contribution in [0.25, 0.3) is 0 Å². The van der Waals surface area contributed by atoms with Crippen molar-refractivity contribution in [2.45, 2.75) is 18.9 Å². The summed E-state index contributed by atoms with van der Waals surface area (Å²) in [4.78, 5) is 26.2. The maximum absolute atomic E-state index is 12.5. The van der Waals surface area contributed by atoms with Crippen LogP contribution < -0.4 is 15.4 Å². The number of halogens is 1. The molecule has 0 bridgehead atoms. The molecule has 2 aliphatic heterocycles. The quantitative estimate of drug-likeness (QED) is 0.687. The summed E-state index contributed by atoms with van der Waals surface area (Å²) < 4.78 is 11.2. The highest BCUT2D eigenvalue weighted by Crippen LogP contribution is 2.28. The lowest BCUT2D eigenvalue weighted by atomic mass is 10.0. The van der Waals surface area contributed by atoms with Crippen LogP contribution in [0.4, 0.5) is 5.69 Å². The van der Waals surface area contributed by atoms with Gasteiger partial charge in [-0.05, 0) is 41.8 Å². The van der Waals surface area contributed by atoms with E-state index in [9.17, 15) is 9.59 Å². The van der Waals surface area contributed by atoms with E-state index in [1.807, 2.05) is 36.4 Å². The molecule has 4 rings (SSSR count). The molecular formula is C23H26ClN3O4. The third-order valence-electron chi connectivity index (χ3n) is 5.59. The summed E-state index contributed by atoms with van der Waals surface area (Å²) in [5.74, 6) is 0.436. The first-order valence-corrected chi connectivity index (χ1v) is 10.9. The second kappa shape index (κ2) is 10.1. The number of nitrogens with zero attached hydrogens (tertiary/aromatic N) is 1. The Morgan fingerprint density at radius 1 is 1.19 bits per heavy atom. The minimum atomic E-state index is -0.198. The maximum Gasteiger partial charge on any atom is 0.258 e. The molecule has 164 valence electrons. The molecule has 7 nitrogen and oxygen atoms in total. The van der Waals surface area contributed by atoms with Crippen LogP contribution in [-0.2, 0) is 20.7 Å². The fraction of sp³-hybridized carbons (Fsp3) is 0.391. The van der Waals surface area contributed by atoms with Crippen LogP contribution in [0, 0.1) is 0 Å². The van der Waals surface area contributed by atoms with Crippen molar-refractivity contribution in [1.82, 2.24) is 10.2 Å². The molecule has 31 heavy (non-hydrogen) atoms. The Hall–Kier alpha value is -2.61. The zero-order valence-corrected chi connectivity index (χ0v) is 18.0. The van der Waals surface area contributed by atoms with E-state index in [0.29, 0.717) is 43.4 Å². The van der Waals surface area contributed by atoms with Gasteiger partial charge in [0.05, 0.1) is 19.3 Å². The maximum atomic E-state index is 12.5. The van der Waals surface area contributed by atoms with Crippen molar-refractivity contribution in [1.29, 1.82) is 0 Å². The fourth-order valence-corrected chi connectivity index (χ4v) is 4.19. The fourth-order valence-electron chi connectivity index (χ4n) is 3.93. The molecule has 1 saturated heterocycles. The summed E-state index contributed by atoms with van der Waals surface area (Å²) in [5.41, 5.74) is 2.81. The topological polar surface area (TPSA) is 79.9 Å². The average Bonchev–Trinajstić information content (AvgIpc) is 2.79. The van der Waals surface area contributed by atoms with Gasteiger partial charge in [-0.1, -0.05) is 29.8 Å². The Labute approximate surface area is 186 Å². The Morgan fingerprint density at radius 3 is 2.81 bits per heavy atom. The molecule has 1 atom stereocenters. The van der Waals surface area contributed by atoms with Gasteiger partial charge in [0.15, 0.2) is 6.61 Å². The third-order valence-corrected chi connectivity index (χ3v) is 5.93. The van der Waals surface area contributed by atoms with E-state index in [1.165, 1.54) is 0 Å². The lowest BCUT2D eigenvalue weighted by molar-refractivity contribution is -0.123. The lowest BCUT2D eigenvalue weighted by Crippen LogP contribution is -2.44. The normalized spacial score (nSPS) is 17.4. The molecule has 0 spiro atoms. The Bertz CT molecular complexity index is 946. The van der Waals surface area contributed by atoms with Gasteiger partial charge in [0.2, 0.25) is 5.91 Å². The van der Waals surface area contributed by atoms with Crippen LogP contribution in [0.2, 0.25) is 5.02 Å². The molecule has 2 aromatic carbocycles. The molecule has 1 fully saturated rings. The van der Waals surface area contributed by atoms with E-state index in [2.05, 4.69) is 15.5 Å². The van der Waals surface area contributed by atoms with Crippen molar-refractivity contribution in [2.24, 2.45) is 0 Å². The van der Waals surface area contributed by atoms with Gasteiger partial charge in [-0.15, -0.1) is 0 Å². The van der Waals surface area contributed by atoms with Crippen molar-refractivity contribution in [3.05, 3.63) is 58.6 Å². The SMILES string of the molecule is O=C(COc1ccc2c(c1)CCC(=O)N2)NCC(c1ccccc1Cl)N1CCOCC1. The van der Waals surface area contributed by atoms with E-state index in [4.69, 9.17) is 21.1 Å². The highest BCUT2D eigenvalue weighted by Gasteiger charge is 2.25. The first-order chi connectivity index (χ1) is 15.1. The van der Waals surface area contributed by atoms with Crippen LogP contribution in [0.15, 0.2) is 42.5 Å². The van der Waals surface area contributed by atoms with Crippen LogP contribution >= 0.6 is 11.6 Å². The number of amides is 2. The highest BCUT2D eigenvalue weighted by molar-refractivity contribution is 6.31. The zero-order valence-electron chi connectivity index (χ0n) is 17.2. The summed E-state index contributed by atoms with van der Waals surface area (Å²) in [7, 11) is 0. The van der Waals surface area contributed by atoms with Crippen molar-refractivity contribution >= 4 is 29.1 Å². The van der Waals surface area contributed by atoms with Gasteiger partial charge >= 0.3 is 0 Å². The van der Waals surface area contributed by atoms with Gasteiger partial charge in [-0.3, -0.25) is 14.5 Å². The molecule has 1 unspecified atom stereocenters. The molecule has 2 aromatic rings. The molecule has 0 radical (unpaired) electrons.